The van der Waals surface area contributed by atoms with Crippen LogP contribution in [0, 0.1) is 6.92 Å². The van der Waals surface area contributed by atoms with Gasteiger partial charge in [-0.05, 0) is 69.3 Å². The van der Waals surface area contributed by atoms with E-state index >= 15 is 0 Å². The Morgan fingerprint density at radius 2 is 1.96 bits per heavy atom. The number of nitrogens with zero attached hydrogens (tertiary/aromatic N) is 2. The molecule has 6 heteroatoms. The first kappa shape index (κ1) is 18.0. The molecule has 2 aromatic rings. The van der Waals surface area contributed by atoms with Gasteiger partial charge in [-0.3, -0.25) is 0 Å². The number of likely N-dealkylation sites (tertiary alicyclic amines) is 2. The Kier molecular flexibility index (Phi) is 4.68. The largest absolute Gasteiger partial charge is 0.423 e. The lowest BCUT2D eigenvalue weighted by molar-refractivity contribution is 0.133. The van der Waals surface area contributed by atoms with Crippen LogP contribution in [0.3, 0.4) is 0 Å². The third-order valence-corrected chi connectivity index (χ3v) is 6.28. The number of benzene rings is 1. The Balaban J connectivity index is 1.76. The molecule has 1 atom stereocenters. The Morgan fingerprint density at radius 3 is 2.70 bits per heavy atom. The van der Waals surface area contributed by atoms with Gasteiger partial charge in [-0.25, -0.2) is 9.59 Å². The standard InChI is InChI=1S/C21H27N3O3/c1-15-13-19(25)27-18-14-16(5-6-17(15)18)21(7-4-11-24(21)20(22)26)8-12-23-9-2-3-10-23/h5-6,13-14H,2-4,7-12H2,1H3,(H2,22,26). The maximum Gasteiger partial charge on any atom is 0.336 e. The molecule has 1 aromatic carbocycles. The molecular formula is C21H27N3O3. The third-order valence-electron chi connectivity index (χ3n) is 6.28. The molecule has 144 valence electrons. The number of primary amides is 1. The summed E-state index contributed by atoms with van der Waals surface area (Å²) in [4.78, 5) is 28.3. The number of nitrogens with two attached hydrogens (primary N) is 1. The van der Waals surface area contributed by atoms with Crippen LogP contribution in [0.1, 0.15) is 43.2 Å². The summed E-state index contributed by atoms with van der Waals surface area (Å²) in [6, 6.07) is 7.14. The zero-order chi connectivity index (χ0) is 19.0. The van der Waals surface area contributed by atoms with Crippen molar-refractivity contribution in [2.24, 2.45) is 5.73 Å². The van der Waals surface area contributed by atoms with E-state index in [1.54, 1.807) is 0 Å². The van der Waals surface area contributed by atoms with Gasteiger partial charge in [-0.1, -0.05) is 12.1 Å². The lowest BCUT2D eigenvalue weighted by Crippen LogP contribution is -2.49. The van der Waals surface area contributed by atoms with Gasteiger partial charge >= 0.3 is 11.7 Å². The number of fused-ring (bicyclic) bond motifs is 1. The monoisotopic (exact) mass is 369 g/mol. The molecule has 27 heavy (non-hydrogen) atoms. The van der Waals surface area contributed by atoms with Crippen molar-refractivity contribution >= 4 is 17.0 Å². The summed E-state index contributed by atoms with van der Waals surface area (Å²) >= 11 is 0. The molecule has 0 spiro atoms. The number of hydrogen-bond donors (Lipinski definition) is 1. The van der Waals surface area contributed by atoms with Crippen molar-refractivity contribution in [3.63, 3.8) is 0 Å². The molecule has 2 aliphatic heterocycles. The summed E-state index contributed by atoms with van der Waals surface area (Å²) in [6.07, 6.45) is 5.14. The van der Waals surface area contributed by atoms with Crippen molar-refractivity contribution in [2.45, 2.75) is 44.6 Å². The van der Waals surface area contributed by atoms with E-state index in [2.05, 4.69) is 11.0 Å². The lowest BCUT2D eigenvalue weighted by Gasteiger charge is -2.39. The van der Waals surface area contributed by atoms with Crippen molar-refractivity contribution in [1.29, 1.82) is 0 Å². The minimum atomic E-state index is -0.426. The highest BCUT2D eigenvalue weighted by atomic mass is 16.4. The van der Waals surface area contributed by atoms with Crippen LogP contribution in [0.25, 0.3) is 11.0 Å². The first-order valence-electron chi connectivity index (χ1n) is 9.84. The van der Waals surface area contributed by atoms with E-state index < -0.39 is 5.54 Å². The zero-order valence-electron chi connectivity index (χ0n) is 15.9. The Labute approximate surface area is 158 Å². The average molecular weight is 369 g/mol. The smallest absolute Gasteiger partial charge is 0.336 e. The van der Waals surface area contributed by atoms with Crippen LogP contribution in [0.15, 0.2) is 33.5 Å². The molecule has 0 saturated carbocycles. The SMILES string of the molecule is Cc1cc(=O)oc2cc(C3(CCN4CCCC4)CCCN3C(N)=O)ccc12. The molecule has 4 rings (SSSR count). The van der Waals surface area contributed by atoms with Gasteiger partial charge in [0.2, 0.25) is 0 Å². The predicted molar refractivity (Wildman–Crippen MR) is 105 cm³/mol. The molecule has 2 fully saturated rings. The van der Waals surface area contributed by atoms with Crippen LogP contribution in [-0.2, 0) is 5.54 Å². The summed E-state index contributed by atoms with van der Waals surface area (Å²) in [5.41, 5.74) is 7.48. The first-order chi connectivity index (χ1) is 13.0. The molecule has 6 nitrogen and oxygen atoms in total. The second kappa shape index (κ2) is 7.00. The molecule has 0 radical (unpaired) electrons. The number of aryl methyl sites for hydroxylation is 1. The van der Waals surface area contributed by atoms with Crippen molar-refractivity contribution < 1.29 is 9.21 Å². The highest BCUT2D eigenvalue weighted by Crippen LogP contribution is 2.43. The van der Waals surface area contributed by atoms with Crippen LogP contribution < -0.4 is 11.4 Å². The second-order valence-electron chi connectivity index (χ2n) is 7.88. The van der Waals surface area contributed by atoms with Crippen molar-refractivity contribution in [1.82, 2.24) is 9.80 Å². The molecule has 2 aliphatic rings. The maximum atomic E-state index is 12.2. The second-order valence-corrected chi connectivity index (χ2v) is 7.88. The van der Waals surface area contributed by atoms with E-state index in [1.807, 2.05) is 24.0 Å². The summed E-state index contributed by atoms with van der Waals surface area (Å²) in [6.45, 7) is 5.77. The summed E-state index contributed by atoms with van der Waals surface area (Å²) in [5.74, 6) is 0. The van der Waals surface area contributed by atoms with Gasteiger partial charge in [0.1, 0.15) is 5.58 Å². The maximum absolute atomic E-state index is 12.2. The van der Waals surface area contributed by atoms with Crippen LogP contribution in [-0.4, -0.2) is 42.0 Å². The Hall–Kier alpha value is -2.34. The number of urea groups is 1. The third kappa shape index (κ3) is 3.23. The first-order valence-corrected chi connectivity index (χ1v) is 9.84. The van der Waals surface area contributed by atoms with Gasteiger partial charge in [0.15, 0.2) is 0 Å². The van der Waals surface area contributed by atoms with E-state index in [9.17, 15) is 9.59 Å². The predicted octanol–water partition coefficient (Wildman–Crippen LogP) is 2.96. The highest BCUT2D eigenvalue weighted by molar-refractivity contribution is 5.81. The lowest BCUT2D eigenvalue weighted by atomic mass is 9.83. The fourth-order valence-corrected chi connectivity index (χ4v) is 4.87. The number of carbonyl (C=O) groups is 1. The highest BCUT2D eigenvalue weighted by Gasteiger charge is 2.44. The normalized spacial score (nSPS) is 23.4. The average Bonchev–Trinajstić information content (AvgIpc) is 3.29. The molecule has 1 unspecified atom stereocenters. The van der Waals surface area contributed by atoms with E-state index in [4.69, 9.17) is 10.2 Å². The molecule has 2 saturated heterocycles. The fourth-order valence-electron chi connectivity index (χ4n) is 4.87. The Morgan fingerprint density at radius 1 is 1.19 bits per heavy atom. The topological polar surface area (TPSA) is 79.8 Å². The summed E-state index contributed by atoms with van der Waals surface area (Å²) in [5, 5.41) is 0.927. The molecule has 2 amide bonds. The van der Waals surface area contributed by atoms with Crippen molar-refractivity contribution in [3.05, 3.63) is 45.8 Å². The van der Waals surface area contributed by atoms with E-state index in [0.29, 0.717) is 12.1 Å². The van der Waals surface area contributed by atoms with Gasteiger partial charge < -0.3 is 20.0 Å². The number of hydrogen-bond acceptors (Lipinski definition) is 4. The van der Waals surface area contributed by atoms with E-state index in [-0.39, 0.29) is 11.7 Å². The van der Waals surface area contributed by atoms with Crippen molar-refractivity contribution in [2.75, 3.05) is 26.2 Å². The van der Waals surface area contributed by atoms with Crippen LogP contribution in [0.4, 0.5) is 4.79 Å². The van der Waals surface area contributed by atoms with Gasteiger partial charge in [0.05, 0.1) is 5.54 Å². The Bertz CT molecular complexity index is 917. The van der Waals surface area contributed by atoms with Crippen LogP contribution in [0.5, 0.6) is 0 Å². The van der Waals surface area contributed by atoms with Gasteiger partial charge in [-0.2, -0.15) is 0 Å². The summed E-state index contributed by atoms with van der Waals surface area (Å²) < 4.78 is 5.46. The van der Waals surface area contributed by atoms with E-state index in [0.717, 1.165) is 55.4 Å². The van der Waals surface area contributed by atoms with Gasteiger partial charge in [0, 0.05) is 24.5 Å². The minimum absolute atomic E-state index is 0.346. The molecule has 0 aliphatic carbocycles. The quantitative estimate of drug-likeness (QED) is 0.841. The number of carbonyl (C=O) groups excluding carboxylic acids is 1. The summed E-state index contributed by atoms with van der Waals surface area (Å²) in [7, 11) is 0. The molecule has 1 aromatic heterocycles. The fraction of sp³-hybridized carbons (Fsp3) is 0.524. The minimum Gasteiger partial charge on any atom is -0.423 e. The van der Waals surface area contributed by atoms with E-state index in [1.165, 1.54) is 18.9 Å². The van der Waals surface area contributed by atoms with Crippen LogP contribution in [0.2, 0.25) is 0 Å². The molecular weight excluding hydrogens is 342 g/mol. The molecule has 3 heterocycles. The number of amides is 2. The molecule has 2 N–H and O–H groups in total. The number of rotatable bonds is 4. The van der Waals surface area contributed by atoms with Gasteiger partial charge in [0.25, 0.3) is 0 Å². The molecule has 0 bridgehead atoms. The van der Waals surface area contributed by atoms with Crippen molar-refractivity contribution in [3.8, 4) is 0 Å². The van der Waals surface area contributed by atoms with Gasteiger partial charge in [-0.15, -0.1) is 0 Å². The van der Waals surface area contributed by atoms with Crippen LogP contribution >= 0.6 is 0 Å². The zero-order valence-corrected chi connectivity index (χ0v) is 15.9.